The van der Waals surface area contributed by atoms with Crippen LogP contribution in [0.5, 0.6) is 0 Å². The molecule has 9 heteroatoms. The van der Waals surface area contributed by atoms with E-state index in [9.17, 15) is 4.79 Å². The maximum Gasteiger partial charge on any atom is 0.351 e. The quantitative estimate of drug-likeness (QED) is 0.447. The molecule has 2 aromatic heterocycles. The van der Waals surface area contributed by atoms with Crippen LogP contribution < -0.4 is 5.69 Å². The minimum Gasteiger partial charge on any atom is -0.394 e. The molecule has 1 saturated heterocycles. The van der Waals surface area contributed by atoms with E-state index in [1.54, 1.807) is 16.8 Å². The van der Waals surface area contributed by atoms with Gasteiger partial charge in [-0.1, -0.05) is 11.7 Å². The summed E-state index contributed by atoms with van der Waals surface area (Å²) in [5.41, 5.74) is -0.338. The van der Waals surface area contributed by atoms with Crippen molar-refractivity contribution in [1.82, 2.24) is 14.1 Å². The fourth-order valence-corrected chi connectivity index (χ4v) is 2.28. The number of hydrogen-bond acceptors (Lipinski definition) is 7. The molecule has 3 heterocycles. The third-order valence-corrected chi connectivity index (χ3v) is 3.28. The van der Waals surface area contributed by atoms with Crippen molar-refractivity contribution < 1.29 is 14.4 Å². The van der Waals surface area contributed by atoms with Gasteiger partial charge in [-0.15, -0.1) is 0 Å². The van der Waals surface area contributed by atoms with Crippen LogP contribution in [0, 0.1) is 0 Å². The van der Waals surface area contributed by atoms with E-state index >= 15 is 0 Å². The van der Waals surface area contributed by atoms with Crippen molar-refractivity contribution in [3.8, 4) is 5.82 Å². The van der Waals surface area contributed by atoms with Crippen LogP contribution in [0.4, 0.5) is 0 Å². The smallest absolute Gasteiger partial charge is 0.351 e. The van der Waals surface area contributed by atoms with Gasteiger partial charge < -0.3 is 19.0 Å². The van der Waals surface area contributed by atoms with E-state index in [0.717, 1.165) is 12.8 Å². The van der Waals surface area contributed by atoms with Gasteiger partial charge >= 0.3 is 5.69 Å². The molecule has 1 aliphatic heterocycles. The molecule has 0 aromatic carbocycles. The van der Waals surface area contributed by atoms with Crippen LogP contribution in [0.15, 0.2) is 41.6 Å². The number of rotatable bonds is 3. The number of aliphatic hydroxyl groups is 1. The maximum atomic E-state index is 12.0. The largest absolute Gasteiger partial charge is 0.394 e. The zero-order valence-electron chi connectivity index (χ0n) is 11.6. The Morgan fingerprint density at radius 3 is 2.59 bits per heavy atom. The molecule has 22 heavy (non-hydrogen) atoms. The van der Waals surface area contributed by atoms with E-state index < -0.39 is 0 Å². The van der Waals surface area contributed by atoms with Crippen molar-refractivity contribution in [2.45, 2.75) is 25.2 Å². The summed E-state index contributed by atoms with van der Waals surface area (Å²) in [6, 6.07) is 5.52. The zero-order chi connectivity index (χ0) is 15.9. The van der Waals surface area contributed by atoms with E-state index in [0.29, 0.717) is 16.9 Å². The molecule has 1 aliphatic rings. The Hall–Kier alpha value is -1.26. The van der Waals surface area contributed by atoms with Crippen LogP contribution in [0.25, 0.3) is 5.82 Å². The number of nitrogens with zero attached hydrogens (tertiary/aromatic N) is 3. The lowest BCUT2D eigenvalue weighted by Crippen LogP contribution is -2.28. The van der Waals surface area contributed by atoms with Crippen LogP contribution in [-0.2, 0) is 4.74 Å². The van der Waals surface area contributed by atoms with Crippen molar-refractivity contribution in [3.05, 3.63) is 47.3 Å². The second-order valence-corrected chi connectivity index (χ2v) is 5.27. The van der Waals surface area contributed by atoms with Gasteiger partial charge in [0.1, 0.15) is 12.0 Å². The monoisotopic (exact) mass is 343 g/mol. The van der Waals surface area contributed by atoms with Crippen molar-refractivity contribution >= 4 is 22.7 Å². The molecule has 120 valence electrons. The van der Waals surface area contributed by atoms with E-state index in [2.05, 4.69) is 16.6 Å². The molecule has 2 aromatic rings. The second-order valence-electron chi connectivity index (χ2n) is 4.62. The number of aliphatic hydroxyl groups excluding tert-OH is 1. The van der Waals surface area contributed by atoms with Crippen LogP contribution in [0.3, 0.4) is 0 Å². The first-order valence-electron chi connectivity index (χ1n) is 6.63. The first-order chi connectivity index (χ1) is 10.7. The second kappa shape index (κ2) is 8.39. The highest BCUT2D eigenvalue weighted by atomic mass is 33.1. The van der Waals surface area contributed by atoms with Crippen molar-refractivity contribution in [3.63, 3.8) is 0 Å². The summed E-state index contributed by atoms with van der Waals surface area (Å²) in [4.78, 5) is 16.1. The molecule has 7 nitrogen and oxygen atoms in total. The average Bonchev–Trinajstić information content (AvgIpc) is 3.19. The summed E-state index contributed by atoms with van der Waals surface area (Å²) < 4.78 is 16.2. The third kappa shape index (κ3) is 4.14. The summed E-state index contributed by atoms with van der Waals surface area (Å²) in [6.45, 7) is -0.0138. The van der Waals surface area contributed by atoms with Crippen molar-refractivity contribution in [2.75, 3.05) is 6.61 Å². The lowest BCUT2D eigenvalue weighted by Gasteiger charge is -2.14. The molecular formula is C13H17N3O4S2. The number of aromatic nitrogens is 3. The van der Waals surface area contributed by atoms with Gasteiger partial charge in [0.2, 0.25) is 0 Å². The molecule has 0 saturated carbocycles. The molecule has 0 amide bonds. The zero-order valence-corrected chi connectivity index (χ0v) is 13.4. The van der Waals surface area contributed by atoms with Gasteiger partial charge in [0.15, 0.2) is 0 Å². The molecule has 0 radical (unpaired) electrons. The van der Waals surface area contributed by atoms with E-state index in [-0.39, 0.29) is 24.6 Å². The maximum absolute atomic E-state index is 12.0. The number of hydrogen-bond donors (Lipinski definition) is 3. The van der Waals surface area contributed by atoms with Gasteiger partial charge in [-0.3, -0.25) is 4.57 Å². The van der Waals surface area contributed by atoms with Crippen molar-refractivity contribution in [1.29, 1.82) is 0 Å². The topological polar surface area (TPSA) is 89.5 Å². The normalized spacial score (nSPS) is 20.5. The van der Waals surface area contributed by atoms with Crippen LogP contribution >= 0.6 is 22.7 Å². The summed E-state index contributed by atoms with van der Waals surface area (Å²) in [7, 11) is 0. The molecule has 0 bridgehead atoms. The van der Waals surface area contributed by atoms with Crippen molar-refractivity contribution in [2.24, 2.45) is 0 Å². The third-order valence-electron chi connectivity index (χ3n) is 3.28. The fraction of sp³-hybridized carbons (Fsp3) is 0.385. The van der Waals surface area contributed by atoms with Gasteiger partial charge in [-0.25, -0.2) is 4.79 Å². The van der Waals surface area contributed by atoms with Gasteiger partial charge in [0.05, 0.1) is 23.8 Å². The standard InChI is InChI=1S/C13H15N3O3.H2OS2/c17-9-10-3-4-12(19-10)16-8-5-11(14-13(16)18)15-6-1-2-7-15;1-3-2/h1-2,5-8,10,12,17H,3-4,9H2;1-2H. The van der Waals surface area contributed by atoms with E-state index in [4.69, 9.17) is 14.4 Å². The highest BCUT2D eigenvalue weighted by Crippen LogP contribution is 2.26. The molecule has 0 aliphatic carbocycles. The molecular weight excluding hydrogens is 326 g/mol. The molecule has 1 fully saturated rings. The first-order valence-corrected chi connectivity index (χ1v) is 8.46. The minimum absolute atomic E-state index is 0.0138. The lowest BCUT2D eigenvalue weighted by molar-refractivity contribution is -0.0245. The van der Waals surface area contributed by atoms with Gasteiger partial charge in [0.25, 0.3) is 0 Å². The summed E-state index contributed by atoms with van der Waals surface area (Å²) >= 11 is 3.71. The number of thiol groups is 1. The molecule has 0 spiro atoms. The highest BCUT2D eigenvalue weighted by molar-refractivity contribution is 8.66. The van der Waals surface area contributed by atoms with Gasteiger partial charge in [-0.05, 0) is 31.0 Å². The SMILES string of the molecule is O=c1nc(-n2cccc2)ccn1C1CCC(CO)O1.OSS. The van der Waals surface area contributed by atoms with Crippen LogP contribution in [-0.4, -0.2) is 36.5 Å². The number of ether oxygens (including phenoxy) is 1. The Bertz CT molecular complexity index is 632. The Morgan fingerprint density at radius 1 is 1.36 bits per heavy atom. The summed E-state index contributed by atoms with van der Waals surface area (Å²) in [6.07, 6.45) is 6.33. The minimum atomic E-state index is -0.338. The van der Waals surface area contributed by atoms with Crippen LogP contribution in [0.2, 0.25) is 0 Å². The predicted octanol–water partition coefficient (Wildman–Crippen LogP) is 1.74. The Kier molecular flexibility index (Phi) is 6.52. The average molecular weight is 343 g/mol. The first kappa shape index (κ1) is 17.1. The fourth-order valence-electron chi connectivity index (χ4n) is 2.28. The Balaban J connectivity index is 0.000000545. The van der Waals surface area contributed by atoms with E-state index in [1.165, 1.54) is 4.57 Å². The summed E-state index contributed by atoms with van der Waals surface area (Å²) in [5.74, 6) is 0.586. The highest BCUT2D eigenvalue weighted by Gasteiger charge is 2.26. The van der Waals surface area contributed by atoms with Crippen LogP contribution in [0.1, 0.15) is 19.1 Å². The van der Waals surface area contributed by atoms with Gasteiger partial charge in [-0.2, -0.15) is 4.98 Å². The predicted molar refractivity (Wildman–Crippen MR) is 87.3 cm³/mol. The molecule has 2 atom stereocenters. The molecule has 3 rings (SSSR count). The summed E-state index contributed by atoms with van der Waals surface area (Å²) in [5, 5.41) is 9.04. The lowest BCUT2D eigenvalue weighted by atomic mass is 10.2. The van der Waals surface area contributed by atoms with E-state index in [1.807, 2.05) is 24.5 Å². The van der Waals surface area contributed by atoms with Gasteiger partial charge in [0, 0.05) is 18.6 Å². The Morgan fingerprint density at radius 2 is 2.05 bits per heavy atom. The molecule has 2 unspecified atom stereocenters. The molecule has 2 N–H and O–H groups in total. The Labute approximate surface area is 136 Å².